The predicted octanol–water partition coefficient (Wildman–Crippen LogP) is 5.30. The molecule has 0 aromatic heterocycles. The summed E-state index contributed by atoms with van der Waals surface area (Å²) in [5.41, 5.74) is 1.50. The van der Waals surface area contributed by atoms with E-state index in [-0.39, 0.29) is 15.7 Å². The van der Waals surface area contributed by atoms with Crippen LogP contribution in [0.3, 0.4) is 0 Å². The average Bonchev–Trinajstić information content (AvgIpc) is 2.32. The summed E-state index contributed by atoms with van der Waals surface area (Å²) in [6, 6.07) is 11.0. The summed E-state index contributed by atoms with van der Waals surface area (Å²) in [6.07, 6.45) is 0.543. The minimum atomic E-state index is -0.446. The minimum absolute atomic E-state index is 0.107. The van der Waals surface area contributed by atoms with Gasteiger partial charge >= 0.3 is 0 Å². The van der Waals surface area contributed by atoms with Crippen LogP contribution in [0.5, 0.6) is 0 Å². The zero-order valence-electron chi connectivity index (χ0n) is 9.34. The molecule has 0 bridgehead atoms. The maximum absolute atomic E-state index is 13.3. The SMILES string of the molecule is Fc1cccc(CC(Br)c2cccc(F)c2Cl)c1. The fourth-order valence-corrected chi connectivity index (χ4v) is 2.89. The molecule has 0 spiro atoms. The third-order valence-corrected chi connectivity index (χ3v) is 3.84. The number of hydrogen-bond donors (Lipinski definition) is 0. The van der Waals surface area contributed by atoms with Crippen molar-refractivity contribution in [2.75, 3.05) is 0 Å². The molecule has 2 aromatic rings. The van der Waals surface area contributed by atoms with E-state index in [1.54, 1.807) is 18.2 Å². The molecule has 0 N–H and O–H groups in total. The van der Waals surface area contributed by atoms with Gasteiger partial charge in [0.15, 0.2) is 0 Å². The zero-order chi connectivity index (χ0) is 13.1. The second kappa shape index (κ2) is 5.81. The first-order valence-electron chi connectivity index (χ1n) is 5.40. The van der Waals surface area contributed by atoms with E-state index >= 15 is 0 Å². The Morgan fingerprint density at radius 2 is 1.83 bits per heavy atom. The van der Waals surface area contributed by atoms with E-state index in [9.17, 15) is 8.78 Å². The van der Waals surface area contributed by atoms with Gasteiger partial charge in [0.1, 0.15) is 11.6 Å². The molecule has 1 atom stereocenters. The second-order valence-electron chi connectivity index (χ2n) is 3.94. The van der Waals surface area contributed by atoms with E-state index < -0.39 is 5.82 Å². The van der Waals surface area contributed by atoms with Crippen molar-refractivity contribution >= 4 is 27.5 Å². The van der Waals surface area contributed by atoms with Crippen LogP contribution >= 0.6 is 27.5 Å². The third kappa shape index (κ3) is 3.09. The Kier molecular flexibility index (Phi) is 4.36. The molecule has 94 valence electrons. The van der Waals surface area contributed by atoms with E-state index in [1.807, 2.05) is 6.07 Å². The van der Waals surface area contributed by atoms with E-state index in [2.05, 4.69) is 15.9 Å². The van der Waals surface area contributed by atoms with E-state index in [4.69, 9.17) is 11.6 Å². The van der Waals surface area contributed by atoms with E-state index in [0.29, 0.717) is 12.0 Å². The lowest BCUT2D eigenvalue weighted by molar-refractivity contribution is 0.622. The van der Waals surface area contributed by atoms with Crippen molar-refractivity contribution in [3.8, 4) is 0 Å². The van der Waals surface area contributed by atoms with Gasteiger partial charge in [-0.3, -0.25) is 0 Å². The van der Waals surface area contributed by atoms with Crippen molar-refractivity contribution in [2.45, 2.75) is 11.2 Å². The van der Waals surface area contributed by atoms with Gasteiger partial charge in [-0.05, 0) is 35.7 Å². The second-order valence-corrected chi connectivity index (χ2v) is 5.43. The lowest BCUT2D eigenvalue weighted by atomic mass is 10.0. The molecule has 0 saturated heterocycles. The van der Waals surface area contributed by atoms with Crippen molar-refractivity contribution in [2.24, 2.45) is 0 Å². The van der Waals surface area contributed by atoms with Crippen LogP contribution in [-0.2, 0) is 6.42 Å². The van der Waals surface area contributed by atoms with Crippen molar-refractivity contribution in [3.63, 3.8) is 0 Å². The number of rotatable bonds is 3. The molecule has 0 radical (unpaired) electrons. The first-order valence-corrected chi connectivity index (χ1v) is 6.69. The maximum atomic E-state index is 13.3. The minimum Gasteiger partial charge on any atom is -0.207 e. The lowest BCUT2D eigenvalue weighted by Crippen LogP contribution is -1.98. The normalized spacial score (nSPS) is 12.4. The fraction of sp³-hybridized carbons (Fsp3) is 0.143. The van der Waals surface area contributed by atoms with E-state index in [1.165, 1.54) is 18.2 Å². The van der Waals surface area contributed by atoms with Gasteiger partial charge in [0.05, 0.1) is 5.02 Å². The van der Waals surface area contributed by atoms with Crippen LogP contribution in [-0.4, -0.2) is 0 Å². The summed E-state index contributed by atoms with van der Waals surface area (Å²) in [4.78, 5) is -0.150. The Morgan fingerprint density at radius 3 is 2.56 bits per heavy atom. The topological polar surface area (TPSA) is 0 Å². The smallest absolute Gasteiger partial charge is 0.142 e. The molecule has 0 fully saturated rings. The molecule has 0 heterocycles. The van der Waals surface area contributed by atoms with Crippen LogP contribution in [0.25, 0.3) is 0 Å². The molecule has 0 amide bonds. The summed E-state index contributed by atoms with van der Waals surface area (Å²) in [6.45, 7) is 0. The number of benzene rings is 2. The number of hydrogen-bond acceptors (Lipinski definition) is 0. The molecule has 2 rings (SSSR count). The first kappa shape index (κ1) is 13.5. The largest absolute Gasteiger partial charge is 0.207 e. The van der Waals surface area contributed by atoms with Gasteiger partial charge < -0.3 is 0 Å². The highest BCUT2D eigenvalue weighted by atomic mass is 79.9. The monoisotopic (exact) mass is 330 g/mol. The van der Waals surface area contributed by atoms with Crippen molar-refractivity contribution < 1.29 is 8.78 Å². The Morgan fingerprint density at radius 1 is 1.11 bits per heavy atom. The summed E-state index contributed by atoms with van der Waals surface area (Å²) < 4.78 is 26.4. The van der Waals surface area contributed by atoms with Crippen LogP contribution in [0, 0.1) is 11.6 Å². The molecule has 0 aliphatic heterocycles. The quantitative estimate of drug-likeness (QED) is 0.670. The van der Waals surface area contributed by atoms with Crippen LogP contribution in [0.1, 0.15) is 16.0 Å². The van der Waals surface area contributed by atoms with Crippen LogP contribution in [0.15, 0.2) is 42.5 Å². The Balaban J connectivity index is 2.22. The third-order valence-electron chi connectivity index (χ3n) is 2.62. The van der Waals surface area contributed by atoms with Gasteiger partial charge in [-0.25, -0.2) is 8.78 Å². The van der Waals surface area contributed by atoms with Crippen LogP contribution in [0.2, 0.25) is 5.02 Å². The highest BCUT2D eigenvalue weighted by Crippen LogP contribution is 2.33. The standard InChI is InChI=1S/C14H10BrClF2/c15-12(8-9-3-1-4-10(17)7-9)11-5-2-6-13(18)14(11)16/h1-7,12H,8H2. The van der Waals surface area contributed by atoms with E-state index in [0.717, 1.165) is 5.56 Å². The molecule has 18 heavy (non-hydrogen) atoms. The zero-order valence-corrected chi connectivity index (χ0v) is 11.7. The molecule has 1 unspecified atom stereocenters. The molecular formula is C14H10BrClF2. The van der Waals surface area contributed by atoms with Gasteiger partial charge in [-0.2, -0.15) is 0 Å². The van der Waals surface area contributed by atoms with Gasteiger partial charge in [0.2, 0.25) is 0 Å². The summed E-state index contributed by atoms with van der Waals surface area (Å²) in [7, 11) is 0. The molecule has 0 aliphatic carbocycles. The van der Waals surface area contributed by atoms with Crippen LogP contribution in [0.4, 0.5) is 8.78 Å². The number of alkyl halides is 1. The van der Waals surface area contributed by atoms with Gasteiger partial charge in [0.25, 0.3) is 0 Å². The Labute approximate surface area is 118 Å². The van der Waals surface area contributed by atoms with Crippen molar-refractivity contribution in [3.05, 3.63) is 70.2 Å². The Hall–Kier alpha value is -0.930. The van der Waals surface area contributed by atoms with Crippen molar-refractivity contribution in [1.29, 1.82) is 0 Å². The van der Waals surface area contributed by atoms with Crippen LogP contribution < -0.4 is 0 Å². The molecule has 0 nitrogen and oxygen atoms in total. The first-order chi connectivity index (χ1) is 8.58. The average molecular weight is 332 g/mol. The lowest BCUT2D eigenvalue weighted by Gasteiger charge is -2.12. The predicted molar refractivity (Wildman–Crippen MR) is 73.2 cm³/mol. The van der Waals surface area contributed by atoms with Gasteiger partial charge in [-0.15, -0.1) is 0 Å². The molecule has 0 saturated carbocycles. The van der Waals surface area contributed by atoms with Crippen molar-refractivity contribution in [1.82, 2.24) is 0 Å². The molecule has 2 aromatic carbocycles. The maximum Gasteiger partial charge on any atom is 0.142 e. The summed E-state index contributed by atoms with van der Waals surface area (Å²) in [5.74, 6) is -0.726. The number of halogens is 4. The summed E-state index contributed by atoms with van der Waals surface area (Å²) in [5, 5.41) is 0.107. The highest BCUT2D eigenvalue weighted by Gasteiger charge is 2.14. The molecular weight excluding hydrogens is 322 g/mol. The Bertz CT molecular complexity index is 557. The molecule has 4 heteroatoms. The fourth-order valence-electron chi connectivity index (χ4n) is 1.74. The molecule has 0 aliphatic rings. The van der Waals surface area contributed by atoms with Gasteiger partial charge in [0, 0.05) is 4.83 Å². The highest BCUT2D eigenvalue weighted by molar-refractivity contribution is 9.09. The summed E-state index contributed by atoms with van der Waals surface area (Å²) >= 11 is 9.37. The van der Waals surface area contributed by atoms with Gasteiger partial charge in [-0.1, -0.05) is 51.8 Å².